The number of anilines is 1. The summed E-state index contributed by atoms with van der Waals surface area (Å²) in [5, 5.41) is 12.6. The Labute approximate surface area is 122 Å². The Bertz CT molecular complexity index is 669. The number of benzene rings is 2. The largest absolute Gasteiger partial charge is 0.508 e. The fraction of sp³-hybridized carbons (Fsp3) is 0.188. The Kier molecular flexibility index (Phi) is 3.40. The molecule has 0 spiro atoms. The lowest BCUT2D eigenvalue weighted by atomic mass is 10.0. The van der Waals surface area contributed by atoms with Gasteiger partial charge in [-0.2, -0.15) is 0 Å². The predicted octanol–water partition coefficient (Wildman–Crippen LogP) is 3.53. The van der Waals surface area contributed by atoms with Crippen molar-refractivity contribution in [2.24, 2.45) is 0 Å². The van der Waals surface area contributed by atoms with E-state index in [1.165, 1.54) is 4.90 Å². The summed E-state index contributed by atoms with van der Waals surface area (Å²) in [5.74, 6) is 0.817. The fourth-order valence-electron chi connectivity index (χ4n) is 2.30. The number of phenolic OH excluding ortho intramolecular Hbond substituents is 1. The first-order chi connectivity index (χ1) is 9.65. The van der Waals surface area contributed by atoms with Gasteiger partial charge in [-0.1, -0.05) is 24.3 Å². The molecule has 1 heterocycles. The van der Waals surface area contributed by atoms with E-state index in [1.54, 1.807) is 30.0 Å². The van der Waals surface area contributed by atoms with Gasteiger partial charge < -0.3 is 10.4 Å². The highest BCUT2D eigenvalue weighted by Crippen LogP contribution is 2.39. The number of hydrogen-bond acceptors (Lipinski definition) is 3. The van der Waals surface area contributed by atoms with Crippen LogP contribution in [-0.4, -0.2) is 16.8 Å². The molecule has 1 aliphatic heterocycles. The SMILES string of the molecule is Cc1ccc(NC(=O)C2CSc3ccccc32)cc1O. The van der Waals surface area contributed by atoms with E-state index < -0.39 is 0 Å². The zero-order chi connectivity index (χ0) is 14.1. The average molecular weight is 285 g/mol. The van der Waals surface area contributed by atoms with Crippen LogP contribution in [0.3, 0.4) is 0 Å². The maximum absolute atomic E-state index is 12.4. The Morgan fingerprint density at radius 2 is 2.10 bits per heavy atom. The van der Waals surface area contributed by atoms with Crippen molar-refractivity contribution >= 4 is 23.4 Å². The van der Waals surface area contributed by atoms with Crippen LogP contribution in [0, 0.1) is 6.92 Å². The van der Waals surface area contributed by atoms with Crippen molar-refractivity contribution in [3.05, 3.63) is 53.6 Å². The number of carbonyl (C=O) groups excluding carboxylic acids is 1. The van der Waals surface area contributed by atoms with E-state index in [-0.39, 0.29) is 17.6 Å². The van der Waals surface area contributed by atoms with Crippen LogP contribution in [0.5, 0.6) is 5.75 Å². The highest BCUT2D eigenvalue weighted by Gasteiger charge is 2.28. The average Bonchev–Trinajstić information content (AvgIpc) is 2.87. The molecular weight excluding hydrogens is 270 g/mol. The van der Waals surface area contributed by atoms with Crippen LogP contribution in [0.2, 0.25) is 0 Å². The Morgan fingerprint density at radius 1 is 1.30 bits per heavy atom. The summed E-state index contributed by atoms with van der Waals surface area (Å²) in [5.41, 5.74) is 2.52. The van der Waals surface area contributed by atoms with Gasteiger partial charge in [-0.05, 0) is 30.2 Å². The standard InChI is InChI=1S/C16H15NO2S/c1-10-6-7-11(8-14(10)18)17-16(19)13-9-20-15-5-3-2-4-12(13)15/h2-8,13,18H,9H2,1H3,(H,17,19). The summed E-state index contributed by atoms with van der Waals surface area (Å²) in [4.78, 5) is 13.5. The smallest absolute Gasteiger partial charge is 0.232 e. The highest BCUT2D eigenvalue weighted by atomic mass is 32.2. The third-order valence-corrected chi connectivity index (χ3v) is 4.68. The maximum atomic E-state index is 12.4. The van der Waals surface area contributed by atoms with Crippen LogP contribution in [0.4, 0.5) is 5.69 Å². The molecule has 0 fully saturated rings. The van der Waals surface area contributed by atoms with Crippen molar-refractivity contribution < 1.29 is 9.90 Å². The van der Waals surface area contributed by atoms with Crippen molar-refractivity contribution in [2.75, 3.05) is 11.1 Å². The second kappa shape index (κ2) is 5.21. The molecule has 0 saturated carbocycles. The number of aryl methyl sites for hydroxylation is 1. The van der Waals surface area contributed by atoms with Gasteiger partial charge in [-0.3, -0.25) is 4.79 Å². The summed E-state index contributed by atoms with van der Waals surface area (Å²) in [6.45, 7) is 1.82. The molecule has 0 aromatic heterocycles. The molecular formula is C16H15NO2S. The molecule has 1 amide bonds. The third-order valence-electron chi connectivity index (χ3n) is 3.49. The van der Waals surface area contributed by atoms with E-state index in [0.717, 1.165) is 16.9 Å². The molecule has 4 heteroatoms. The molecule has 2 N–H and O–H groups in total. The van der Waals surface area contributed by atoms with Crippen LogP contribution in [0.25, 0.3) is 0 Å². The molecule has 102 valence electrons. The molecule has 0 bridgehead atoms. The number of phenols is 1. The van der Waals surface area contributed by atoms with Gasteiger partial charge in [0, 0.05) is 22.4 Å². The van der Waals surface area contributed by atoms with Crippen molar-refractivity contribution in [1.29, 1.82) is 0 Å². The topological polar surface area (TPSA) is 49.3 Å². The minimum atomic E-state index is -0.125. The van der Waals surface area contributed by atoms with Crippen molar-refractivity contribution in [3.8, 4) is 5.75 Å². The number of aromatic hydroxyl groups is 1. The van der Waals surface area contributed by atoms with Gasteiger partial charge in [0.25, 0.3) is 0 Å². The van der Waals surface area contributed by atoms with Gasteiger partial charge in [0.2, 0.25) is 5.91 Å². The van der Waals surface area contributed by atoms with Crippen LogP contribution >= 0.6 is 11.8 Å². The highest BCUT2D eigenvalue weighted by molar-refractivity contribution is 7.99. The number of hydrogen-bond donors (Lipinski definition) is 2. The molecule has 0 saturated heterocycles. The van der Waals surface area contributed by atoms with Crippen molar-refractivity contribution in [3.63, 3.8) is 0 Å². The first-order valence-electron chi connectivity index (χ1n) is 6.47. The monoisotopic (exact) mass is 285 g/mol. The molecule has 3 rings (SSSR count). The van der Waals surface area contributed by atoms with Gasteiger partial charge >= 0.3 is 0 Å². The van der Waals surface area contributed by atoms with Crippen LogP contribution in [0.1, 0.15) is 17.0 Å². The zero-order valence-corrected chi connectivity index (χ0v) is 11.9. The fourth-order valence-corrected chi connectivity index (χ4v) is 3.53. The van der Waals surface area contributed by atoms with E-state index in [1.807, 2.05) is 31.2 Å². The van der Waals surface area contributed by atoms with E-state index >= 15 is 0 Å². The van der Waals surface area contributed by atoms with Crippen LogP contribution in [-0.2, 0) is 4.79 Å². The first-order valence-corrected chi connectivity index (χ1v) is 7.46. The summed E-state index contributed by atoms with van der Waals surface area (Å²) >= 11 is 1.71. The quantitative estimate of drug-likeness (QED) is 0.887. The Hall–Kier alpha value is -1.94. The molecule has 2 aromatic carbocycles. The summed E-state index contributed by atoms with van der Waals surface area (Å²) in [7, 11) is 0. The van der Waals surface area contributed by atoms with Crippen molar-refractivity contribution in [1.82, 2.24) is 0 Å². The molecule has 1 unspecified atom stereocenters. The number of nitrogens with one attached hydrogen (secondary N) is 1. The maximum Gasteiger partial charge on any atom is 0.232 e. The van der Waals surface area contributed by atoms with E-state index in [9.17, 15) is 9.90 Å². The first kappa shape index (κ1) is 13.1. The second-order valence-electron chi connectivity index (χ2n) is 4.89. The van der Waals surface area contributed by atoms with Crippen LogP contribution in [0.15, 0.2) is 47.4 Å². The summed E-state index contributed by atoms with van der Waals surface area (Å²) in [6, 6.07) is 13.2. The van der Waals surface area contributed by atoms with E-state index in [2.05, 4.69) is 5.32 Å². The number of amides is 1. The number of carbonyl (C=O) groups is 1. The zero-order valence-electron chi connectivity index (χ0n) is 11.1. The molecule has 20 heavy (non-hydrogen) atoms. The molecule has 1 aliphatic rings. The van der Waals surface area contributed by atoms with Gasteiger partial charge in [0.15, 0.2) is 0 Å². The lowest BCUT2D eigenvalue weighted by Gasteiger charge is -2.12. The van der Waals surface area contributed by atoms with Gasteiger partial charge in [0.1, 0.15) is 5.75 Å². The normalized spacial score (nSPS) is 16.8. The summed E-state index contributed by atoms with van der Waals surface area (Å²) < 4.78 is 0. The molecule has 2 aromatic rings. The second-order valence-corrected chi connectivity index (χ2v) is 5.95. The Balaban J connectivity index is 1.79. The number of thioether (sulfide) groups is 1. The minimum absolute atomic E-state index is 0.0225. The van der Waals surface area contributed by atoms with Crippen molar-refractivity contribution in [2.45, 2.75) is 17.7 Å². The molecule has 0 aliphatic carbocycles. The molecule has 3 nitrogen and oxygen atoms in total. The lowest BCUT2D eigenvalue weighted by molar-refractivity contribution is -0.117. The van der Waals surface area contributed by atoms with E-state index in [0.29, 0.717) is 5.69 Å². The van der Waals surface area contributed by atoms with E-state index in [4.69, 9.17) is 0 Å². The van der Waals surface area contributed by atoms with Gasteiger partial charge in [0.05, 0.1) is 5.92 Å². The third kappa shape index (κ3) is 2.39. The Morgan fingerprint density at radius 3 is 2.90 bits per heavy atom. The number of rotatable bonds is 2. The minimum Gasteiger partial charge on any atom is -0.508 e. The summed E-state index contributed by atoms with van der Waals surface area (Å²) in [6.07, 6.45) is 0. The molecule has 1 atom stereocenters. The van der Waals surface area contributed by atoms with Gasteiger partial charge in [-0.15, -0.1) is 11.8 Å². The predicted molar refractivity (Wildman–Crippen MR) is 81.4 cm³/mol. The molecule has 0 radical (unpaired) electrons. The number of fused-ring (bicyclic) bond motifs is 1. The van der Waals surface area contributed by atoms with Gasteiger partial charge in [-0.25, -0.2) is 0 Å². The lowest BCUT2D eigenvalue weighted by Crippen LogP contribution is -2.20. The van der Waals surface area contributed by atoms with Crippen LogP contribution < -0.4 is 5.32 Å².